The van der Waals surface area contributed by atoms with Crippen LogP contribution < -0.4 is 0 Å². The van der Waals surface area contributed by atoms with E-state index in [1.807, 2.05) is 6.92 Å². The maximum absolute atomic E-state index is 12.3. The molecular formula is C13H16ClNO2S. The number of β-amino-alcohol motifs (C(OH)–C–C–N with tert-alkyl or cyclic N) is 1. The minimum atomic E-state index is -0.458. The molecule has 2 rings (SSSR count). The van der Waals surface area contributed by atoms with Crippen LogP contribution in [0.2, 0.25) is 5.02 Å². The maximum atomic E-state index is 12.3. The molecule has 0 aliphatic carbocycles. The predicted molar refractivity (Wildman–Crippen MR) is 74.4 cm³/mol. The van der Waals surface area contributed by atoms with Gasteiger partial charge in [0.15, 0.2) is 0 Å². The molecular weight excluding hydrogens is 270 g/mol. The van der Waals surface area contributed by atoms with Crippen LogP contribution in [0.3, 0.4) is 0 Å². The lowest BCUT2D eigenvalue weighted by molar-refractivity contribution is 0.0248. The number of nitrogens with zero attached hydrogens (tertiary/aromatic N) is 1. The first-order valence-corrected chi connectivity index (χ1v) is 6.77. The number of carbonyl (C=O) groups is 1. The molecule has 1 aromatic rings. The number of piperidine rings is 1. The summed E-state index contributed by atoms with van der Waals surface area (Å²) in [5.74, 6) is 0.0996. The number of carbonyl (C=O) groups excluding carboxylic acids is 1. The molecule has 1 saturated heterocycles. The highest BCUT2D eigenvalue weighted by atomic mass is 35.5. The topological polar surface area (TPSA) is 40.5 Å². The van der Waals surface area contributed by atoms with Gasteiger partial charge in [0.1, 0.15) is 0 Å². The first-order chi connectivity index (χ1) is 8.49. The molecule has 0 radical (unpaired) electrons. The van der Waals surface area contributed by atoms with Gasteiger partial charge < -0.3 is 10.0 Å². The quantitative estimate of drug-likeness (QED) is 0.778. The van der Waals surface area contributed by atoms with E-state index in [4.69, 9.17) is 11.6 Å². The molecule has 0 aromatic heterocycles. The summed E-state index contributed by atoms with van der Waals surface area (Å²) in [6.07, 6.45) is 0.353. The monoisotopic (exact) mass is 285 g/mol. The molecule has 0 bridgehead atoms. The van der Waals surface area contributed by atoms with E-state index < -0.39 is 6.10 Å². The van der Waals surface area contributed by atoms with Crippen molar-refractivity contribution in [3.05, 3.63) is 28.8 Å². The number of thiol groups is 1. The number of likely N-dealkylation sites (tertiary alicyclic amines) is 1. The standard InChI is InChI=1S/C13H16ClNO2S/c1-8-4-5-15(7-12(8)16)13(17)10-6-9(18)2-3-11(10)14/h2-3,6,8,12,16,18H,4-5,7H2,1H3. The van der Waals surface area contributed by atoms with E-state index in [2.05, 4.69) is 12.6 Å². The summed E-state index contributed by atoms with van der Waals surface area (Å²) in [5, 5.41) is 10.2. The van der Waals surface area contributed by atoms with E-state index in [0.717, 1.165) is 6.42 Å². The summed E-state index contributed by atoms with van der Waals surface area (Å²) in [4.78, 5) is 14.7. The minimum Gasteiger partial charge on any atom is -0.391 e. The van der Waals surface area contributed by atoms with Crippen LogP contribution in [0.25, 0.3) is 0 Å². The molecule has 0 spiro atoms. The molecule has 18 heavy (non-hydrogen) atoms. The van der Waals surface area contributed by atoms with Gasteiger partial charge in [-0.2, -0.15) is 0 Å². The van der Waals surface area contributed by atoms with Crippen LogP contribution in [-0.2, 0) is 0 Å². The molecule has 0 saturated carbocycles. The average Bonchev–Trinajstić information content (AvgIpc) is 2.35. The summed E-state index contributed by atoms with van der Waals surface area (Å²) < 4.78 is 0. The first kappa shape index (κ1) is 13.7. The molecule has 5 heteroatoms. The van der Waals surface area contributed by atoms with Crippen LogP contribution in [-0.4, -0.2) is 35.1 Å². The number of hydrogen-bond acceptors (Lipinski definition) is 3. The number of hydrogen-bond donors (Lipinski definition) is 2. The predicted octanol–water partition coefficient (Wildman–Crippen LogP) is 2.47. The molecule has 1 aliphatic heterocycles. The average molecular weight is 286 g/mol. The maximum Gasteiger partial charge on any atom is 0.255 e. The third-order valence-corrected chi connectivity index (χ3v) is 3.99. The summed E-state index contributed by atoms with van der Waals surface area (Å²) in [6.45, 7) is 3.02. The molecule has 1 amide bonds. The van der Waals surface area contributed by atoms with Gasteiger partial charge in [0.05, 0.1) is 16.7 Å². The number of aliphatic hydroxyl groups excluding tert-OH is 1. The smallest absolute Gasteiger partial charge is 0.255 e. The highest BCUT2D eigenvalue weighted by Crippen LogP contribution is 2.24. The van der Waals surface area contributed by atoms with Gasteiger partial charge in [-0.15, -0.1) is 12.6 Å². The zero-order valence-electron chi connectivity index (χ0n) is 10.1. The largest absolute Gasteiger partial charge is 0.391 e. The Bertz CT molecular complexity index is 466. The van der Waals surface area contributed by atoms with E-state index in [0.29, 0.717) is 28.6 Å². The number of amides is 1. The van der Waals surface area contributed by atoms with Crippen molar-refractivity contribution in [1.82, 2.24) is 4.90 Å². The van der Waals surface area contributed by atoms with E-state index in [-0.39, 0.29) is 11.8 Å². The van der Waals surface area contributed by atoms with Crippen LogP contribution in [0.5, 0.6) is 0 Å². The van der Waals surface area contributed by atoms with Crippen molar-refractivity contribution < 1.29 is 9.90 Å². The van der Waals surface area contributed by atoms with Gasteiger partial charge in [-0.1, -0.05) is 18.5 Å². The van der Waals surface area contributed by atoms with Gasteiger partial charge in [0.2, 0.25) is 0 Å². The fraction of sp³-hybridized carbons (Fsp3) is 0.462. The van der Waals surface area contributed by atoms with Crippen LogP contribution >= 0.6 is 24.2 Å². The van der Waals surface area contributed by atoms with E-state index in [9.17, 15) is 9.90 Å². The third kappa shape index (κ3) is 2.82. The van der Waals surface area contributed by atoms with Gasteiger partial charge in [-0.05, 0) is 30.5 Å². The number of halogens is 1. The molecule has 1 aliphatic rings. The Balaban J connectivity index is 2.19. The Morgan fingerprint density at radius 3 is 2.94 bits per heavy atom. The molecule has 2 unspecified atom stereocenters. The molecule has 2 atom stereocenters. The second-order valence-electron chi connectivity index (χ2n) is 4.75. The van der Waals surface area contributed by atoms with Gasteiger partial charge in [0.25, 0.3) is 5.91 Å². The summed E-state index contributed by atoms with van der Waals surface area (Å²) in [7, 11) is 0. The van der Waals surface area contributed by atoms with Crippen LogP contribution in [0.4, 0.5) is 0 Å². The van der Waals surface area contributed by atoms with Crippen molar-refractivity contribution in [2.24, 2.45) is 5.92 Å². The first-order valence-electron chi connectivity index (χ1n) is 5.95. The summed E-state index contributed by atoms with van der Waals surface area (Å²) >= 11 is 10.2. The lowest BCUT2D eigenvalue weighted by atomic mass is 9.95. The molecule has 1 aromatic carbocycles. The Morgan fingerprint density at radius 1 is 1.56 bits per heavy atom. The van der Waals surface area contributed by atoms with E-state index in [1.54, 1.807) is 23.1 Å². The number of benzene rings is 1. The number of rotatable bonds is 1. The molecule has 3 nitrogen and oxygen atoms in total. The van der Waals surface area contributed by atoms with Crippen molar-refractivity contribution in [3.63, 3.8) is 0 Å². The van der Waals surface area contributed by atoms with Crippen molar-refractivity contribution in [2.75, 3.05) is 13.1 Å². The van der Waals surface area contributed by atoms with E-state index in [1.165, 1.54) is 0 Å². The summed E-state index contributed by atoms with van der Waals surface area (Å²) in [5.41, 5.74) is 0.450. The van der Waals surface area contributed by atoms with Gasteiger partial charge in [0, 0.05) is 18.0 Å². The Kier molecular flexibility index (Phi) is 4.20. The zero-order chi connectivity index (χ0) is 13.3. The Morgan fingerprint density at radius 2 is 2.28 bits per heavy atom. The second kappa shape index (κ2) is 5.51. The fourth-order valence-corrected chi connectivity index (χ4v) is 2.48. The third-order valence-electron chi connectivity index (χ3n) is 3.39. The van der Waals surface area contributed by atoms with Crippen LogP contribution in [0, 0.1) is 5.92 Å². The lowest BCUT2D eigenvalue weighted by Crippen LogP contribution is -2.45. The lowest BCUT2D eigenvalue weighted by Gasteiger charge is -2.34. The molecule has 1 heterocycles. The zero-order valence-corrected chi connectivity index (χ0v) is 11.8. The normalized spacial score (nSPS) is 24.1. The van der Waals surface area contributed by atoms with Crippen molar-refractivity contribution >= 4 is 30.1 Å². The van der Waals surface area contributed by atoms with Crippen molar-refractivity contribution in [2.45, 2.75) is 24.3 Å². The number of aliphatic hydroxyl groups is 1. The van der Waals surface area contributed by atoms with Crippen molar-refractivity contribution in [1.29, 1.82) is 0 Å². The highest BCUT2D eigenvalue weighted by Gasteiger charge is 2.28. The fourth-order valence-electron chi connectivity index (χ4n) is 2.08. The van der Waals surface area contributed by atoms with Gasteiger partial charge in [-0.3, -0.25) is 4.79 Å². The molecule has 1 N–H and O–H groups in total. The van der Waals surface area contributed by atoms with Crippen LogP contribution in [0.15, 0.2) is 23.1 Å². The Labute approximate surface area is 117 Å². The second-order valence-corrected chi connectivity index (χ2v) is 5.67. The molecule has 98 valence electrons. The minimum absolute atomic E-state index is 0.137. The van der Waals surface area contributed by atoms with Gasteiger partial charge in [-0.25, -0.2) is 0 Å². The van der Waals surface area contributed by atoms with Crippen LogP contribution in [0.1, 0.15) is 23.7 Å². The van der Waals surface area contributed by atoms with Crippen molar-refractivity contribution in [3.8, 4) is 0 Å². The SMILES string of the molecule is CC1CCN(C(=O)c2cc(S)ccc2Cl)CC1O. The summed E-state index contributed by atoms with van der Waals surface area (Å²) in [6, 6.07) is 5.08. The Hall–Kier alpha value is -0.710. The highest BCUT2D eigenvalue weighted by molar-refractivity contribution is 7.80. The van der Waals surface area contributed by atoms with Gasteiger partial charge >= 0.3 is 0 Å². The molecule has 1 fully saturated rings. The van der Waals surface area contributed by atoms with E-state index >= 15 is 0 Å².